The van der Waals surface area contributed by atoms with Crippen molar-refractivity contribution in [3.05, 3.63) is 30.3 Å². The molecule has 5 nitrogen and oxygen atoms in total. The third-order valence-electron chi connectivity index (χ3n) is 3.80. The Morgan fingerprint density at radius 3 is 2.60 bits per heavy atom. The van der Waals surface area contributed by atoms with Crippen LogP contribution in [0, 0.1) is 0 Å². The van der Waals surface area contributed by atoms with Crippen LogP contribution in [0.15, 0.2) is 30.3 Å². The summed E-state index contributed by atoms with van der Waals surface area (Å²) >= 11 is 0. The summed E-state index contributed by atoms with van der Waals surface area (Å²) in [5, 5.41) is 19.8. The number of aromatic hydroxyl groups is 1. The van der Waals surface area contributed by atoms with E-state index < -0.39 is 0 Å². The molecule has 2 aromatic rings. The Bertz CT molecular complexity index is 595. The van der Waals surface area contributed by atoms with Crippen LogP contribution >= 0.6 is 0 Å². The Kier molecular flexibility index (Phi) is 3.71. The molecule has 1 saturated heterocycles. The Labute approximate surface area is 118 Å². The Balaban J connectivity index is 1.79. The predicted octanol–water partition coefficient (Wildman–Crippen LogP) is 1.05. The van der Waals surface area contributed by atoms with Crippen molar-refractivity contribution in [3.8, 4) is 5.75 Å². The Morgan fingerprint density at radius 1 is 1.05 bits per heavy atom. The van der Waals surface area contributed by atoms with Crippen LogP contribution < -0.4 is 4.90 Å². The molecule has 0 bridgehead atoms. The highest BCUT2D eigenvalue weighted by Gasteiger charge is 2.17. The van der Waals surface area contributed by atoms with Gasteiger partial charge in [0, 0.05) is 38.1 Å². The number of pyridine rings is 1. The first-order chi connectivity index (χ1) is 9.78. The smallest absolute Gasteiger partial charge is 0.141 e. The van der Waals surface area contributed by atoms with E-state index in [9.17, 15) is 5.11 Å². The number of phenols is 1. The van der Waals surface area contributed by atoms with E-state index in [1.165, 1.54) is 0 Å². The highest BCUT2D eigenvalue weighted by molar-refractivity contribution is 5.85. The molecule has 1 aromatic carbocycles. The summed E-state index contributed by atoms with van der Waals surface area (Å²) in [6, 6.07) is 9.44. The molecule has 0 unspecified atom stereocenters. The summed E-state index contributed by atoms with van der Waals surface area (Å²) in [6.07, 6.45) is 0. The maximum Gasteiger partial charge on any atom is 0.141 e. The molecule has 0 aliphatic carbocycles. The highest BCUT2D eigenvalue weighted by atomic mass is 16.3. The van der Waals surface area contributed by atoms with E-state index in [0.29, 0.717) is 5.52 Å². The third-order valence-corrected chi connectivity index (χ3v) is 3.80. The largest absolute Gasteiger partial charge is 0.506 e. The lowest BCUT2D eigenvalue weighted by Gasteiger charge is -2.35. The van der Waals surface area contributed by atoms with Crippen molar-refractivity contribution in [2.45, 2.75) is 0 Å². The van der Waals surface area contributed by atoms with E-state index in [1.54, 1.807) is 6.07 Å². The van der Waals surface area contributed by atoms with Gasteiger partial charge in [-0.1, -0.05) is 12.1 Å². The normalized spacial score (nSPS) is 16.8. The summed E-state index contributed by atoms with van der Waals surface area (Å²) in [5.74, 6) is 1.13. The fourth-order valence-electron chi connectivity index (χ4n) is 2.64. The number of β-amino-alcohol motifs (C(OH)–C–C–N with tert-alkyl or cyclic N) is 1. The van der Waals surface area contributed by atoms with Gasteiger partial charge in [-0.3, -0.25) is 4.90 Å². The summed E-state index contributed by atoms with van der Waals surface area (Å²) < 4.78 is 0. The molecular formula is C15H19N3O2. The van der Waals surface area contributed by atoms with Gasteiger partial charge in [0.05, 0.1) is 6.61 Å². The number of benzene rings is 1. The van der Waals surface area contributed by atoms with Crippen molar-refractivity contribution in [2.75, 3.05) is 44.2 Å². The van der Waals surface area contributed by atoms with E-state index >= 15 is 0 Å². The van der Waals surface area contributed by atoms with Crippen molar-refractivity contribution in [2.24, 2.45) is 0 Å². The number of hydrogen-bond donors (Lipinski definition) is 2. The molecule has 0 spiro atoms. The average molecular weight is 273 g/mol. The second-order valence-corrected chi connectivity index (χ2v) is 5.07. The van der Waals surface area contributed by atoms with Gasteiger partial charge in [-0.2, -0.15) is 0 Å². The molecule has 20 heavy (non-hydrogen) atoms. The molecule has 3 rings (SSSR count). The van der Waals surface area contributed by atoms with Crippen LogP contribution in [0.25, 0.3) is 10.9 Å². The van der Waals surface area contributed by atoms with Gasteiger partial charge in [-0.05, 0) is 18.2 Å². The summed E-state index contributed by atoms with van der Waals surface area (Å²) in [7, 11) is 0. The first-order valence-corrected chi connectivity index (χ1v) is 6.95. The summed E-state index contributed by atoms with van der Waals surface area (Å²) in [4.78, 5) is 9.04. The second kappa shape index (κ2) is 5.64. The number of nitrogens with zero attached hydrogens (tertiary/aromatic N) is 3. The Morgan fingerprint density at radius 2 is 1.85 bits per heavy atom. The molecule has 1 aromatic heterocycles. The number of aliphatic hydroxyl groups is 1. The van der Waals surface area contributed by atoms with E-state index in [1.807, 2.05) is 24.3 Å². The molecule has 2 N–H and O–H groups in total. The van der Waals surface area contributed by atoms with Gasteiger partial charge in [0.15, 0.2) is 0 Å². The molecule has 2 heterocycles. The van der Waals surface area contributed by atoms with Crippen molar-refractivity contribution in [3.63, 3.8) is 0 Å². The van der Waals surface area contributed by atoms with E-state index in [0.717, 1.165) is 43.9 Å². The standard InChI is InChI=1S/C15H19N3O2/c19-11-10-17-6-8-18(9-7-17)14-5-4-12-2-1-3-13(20)15(12)16-14/h1-5,19-20H,6-11H2. The van der Waals surface area contributed by atoms with Crippen molar-refractivity contribution in [1.82, 2.24) is 9.88 Å². The molecule has 0 atom stereocenters. The number of aliphatic hydroxyl groups excluding tert-OH is 1. The first-order valence-electron chi connectivity index (χ1n) is 6.95. The average Bonchev–Trinajstić information content (AvgIpc) is 2.49. The van der Waals surface area contributed by atoms with Crippen LogP contribution in [-0.4, -0.2) is 59.4 Å². The van der Waals surface area contributed by atoms with E-state index in [-0.39, 0.29) is 12.4 Å². The zero-order chi connectivity index (χ0) is 13.9. The number of fused-ring (bicyclic) bond motifs is 1. The van der Waals surface area contributed by atoms with Gasteiger partial charge in [-0.25, -0.2) is 4.98 Å². The quantitative estimate of drug-likeness (QED) is 0.875. The van der Waals surface area contributed by atoms with Crippen molar-refractivity contribution in [1.29, 1.82) is 0 Å². The topological polar surface area (TPSA) is 59.8 Å². The number of hydrogen-bond acceptors (Lipinski definition) is 5. The molecule has 1 fully saturated rings. The number of anilines is 1. The van der Waals surface area contributed by atoms with Gasteiger partial charge in [0.2, 0.25) is 0 Å². The molecule has 0 amide bonds. The van der Waals surface area contributed by atoms with Crippen molar-refractivity contribution >= 4 is 16.7 Å². The minimum atomic E-state index is 0.210. The molecule has 0 radical (unpaired) electrons. The fraction of sp³-hybridized carbons (Fsp3) is 0.400. The van der Waals surface area contributed by atoms with Crippen LogP contribution in [0.4, 0.5) is 5.82 Å². The monoisotopic (exact) mass is 273 g/mol. The third kappa shape index (κ3) is 2.55. The molecule has 106 valence electrons. The van der Waals surface area contributed by atoms with Crippen LogP contribution in [0.2, 0.25) is 0 Å². The lowest BCUT2D eigenvalue weighted by atomic mass is 10.2. The molecule has 5 heteroatoms. The van der Waals surface area contributed by atoms with Crippen LogP contribution in [0.1, 0.15) is 0 Å². The second-order valence-electron chi connectivity index (χ2n) is 5.07. The zero-order valence-electron chi connectivity index (χ0n) is 11.4. The van der Waals surface area contributed by atoms with Crippen LogP contribution in [0.3, 0.4) is 0 Å². The number of phenolic OH excluding ortho intramolecular Hbond substituents is 1. The Hall–Kier alpha value is -1.85. The SMILES string of the molecule is OCCN1CCN(c2ccc3cccc(O)c3n2)CC1. The van der Waals surface area contributed by atoms with Crippen LogP contribution in [-0.2, 0) is 0 Å². The molecule has 1 aliphatic heterocycles. The van der Waals surface area contributed by atoms with E-state index in [4.69, 9.17) is 5.11 Å². The van der Waals surface area contributed by atoms with Crippen molar-refractivity contribution < 1.29 is 10.2 Å². The number of para-hydroxylation sites is 1. The van der Waals surface area contributed by atoms with Gasteiger partial charge in [-0.15, -0.1) is 0 Å². The van der Waals surface area contributed by atoms with E-state index in [2.05, 4.69) is 14.8 Å². The fourth-order valence-corrected chi connectivity index (χ4v) is 2.64. The molecule has 0 saturated carbocycles. The molecular weight excluding hydrogens is 254 g/mol. The number of rotatable bonds is 3. The maximum atomic E-state index is 9.89. The highest BCUT2D eigenvalue weighted by Crippen LogP contribution is 2.25. The molecule has 1 aliphatic rings. The number of piperazine rings is 1. The zero-order valence-corrected chi connectivity index (χ0v) is 11.4. The van der Waals surface area contributed by atoms with Gasteiger partial charge in [0.1, 0.15) is 17.1 Å². The minimum absolute atomic E-state index is 0.210. The predicted molar refractivity (Wildman–Crippen MR) is 79.1 cm³/mol. The van der Waals surface area contributed by atoms with Crippen LogP contribution in [0.5, 0.6) is 5.75 Å². The van der Waals surface area contributed by atoms with Gasteiger partial charge < -0.3 is 15.1 Å². The summed E-state index contributed by atoms with van der Waals surface area (Å²) in [5.41, 5.74) is 0.655. The van der Waals surface area contributed by atoms with Gasteiger partial charge in [0.25, 0.3) is 0 Å². The lowest BCUT2D eigenvalue weighted by Crippen LogP contribution is -2.47. The summed E-state index contributed by atoms with van der Waals surface area (Å²) in [6.45, 7) is 4.60. The maximum absolute atomic E-state index is 9.89. The minimum Gasteiger partial charge on any atom is -0.506 e. The van der Waals surface area contributed by atoms with Gasteiger partial charge >= 0.3 is 0 Å². The lowest BCUT2D eigenvalue weighted by molar-refractivity contribution is 0.188. The number of aromatic nitrogens is 1. The first kappa shape index (κ1) is 13.1.